The first-order valence-electron chi connectivity index (χ1n) is 7.56. The van der Waals surface area contributed by atoms with Gasteiger partial charge in [-0.3, -0.25) is 9.59 Å². The van der Waals surface area contributed by atoms with Crippen molar-refractivity contribution in [3.05, 3.63) is 57.2 Å². The van der Waals surface area contributed by atoms with Gasteiger partial charge in [-0.05, 0) is 78.4 Å². The number of ether oxygens (including phenoxy) is 1. The van der Waals surface area contributed by atoms with Crippen molar-refractivity contribution in [3.8, 4) is 5.75 Å². The minimum Gasteiger partial charge on any atom is -0.494 e. The van der Waals surface area contributed by atoms with Crippen LogP contribution in [-0.4, -0.2) is 25.0 Å². The lowest BCUT2D eigenvalue weighted by molar-refractivity contribution is -0.115. The van der Waals surface area contributed by atoms with E-state index in [1.54, 1.807) is 36.4 Å². The Bertz CT molecular complexity index is 730. The quantitative estimate of drug-likeness (QED) is 0.680. The van der Waals surface area contributed by atoms with E-state index in [1.807, 2.05) is 19.9 Å². The van der Waals surface area contributed by atoms with Crippen LogP contribution >= 0.6 is 22.6 Å². The zero-order valence-corrected chi connectivity index (χ0v) is 15.7. The van der Waals surface area contributed by atoms with Gasteiger partial charge in [-0.1, -0.05) is 6.07 Å². The van der Waals surface area contributed by atoms with Gasteiger partial charge < -0.3 is 15.4 Å². The van der Waals surface area contributed by atoms with Crippen molar-refractivity contribution in [2.75, 3.05) is 18.5 Å². The maximum atomic E-state index is 12.1. The lowest BCUT2D eigenvalue weighted by atomic mass is 10.1. The van der Waals surface area contributed by atoms with Crippen LogP contribution in [-0.2, 0) is 4.79 Å². The summed E-state index contributed by atoms with van der Waals surface area (Å²) in [7, 11) is 0. The first kappa shape index (κ1) is 18.3. The number of amides is 2. The van der Waals surface area contributed by atoms with Crippen molar-refractivity contribution in [1.29, 1.82) is 0 Å². The van der Waals surface area contributed by atoms with Gasteiger partial charge in [0.1, 0.15) is 5.75 Å². The molecule has 0 bridgehead atoms. The predicted molar refractivity (Wildman–Crippen MR) is 102 cm³/mol. The fourth-order valence-corrected chi connectivity index (χ4v) is 2.52. The summed E-state index contributed by atoms with van der Waals surface area (Å²) in [6, 6.07) is 12.5. The maximum Gasteiger partial charge on any atom is 0.251 e. The molecule has 0 aliphatic heterocycles. The standard InChI is InChI=1S/C18H19IN2O3/c1-3-24-15-8-6-14(7-9-15)21-17(22)11-20-18(23)13-5-4-12(2)16(19)10-13/h4-10H,3,11H2,1-2H3,(H,20,23)(H,21,22). The molecule has 0 heterocycles. The topological polar surface area (TPSA) is 67.4 Å². The van der Waals surface area contributed by atoms with Crippen LogP contribution in [0.15, 0.2) is 42.5 Å². The van der Waals surface area contributed by atoms with Crippen LogP contribution in [0.2, 0.25) is 0 Å². The number of hydrogen-bond donors (Lipinski definition) is 2. The smallest absolute Gasteiger partial charge is 0.251 e. The summed E-state index contributed by atoms with van der Waals surface area (Å²) >= 11 is 2.18. The van der Waals surface area contributed by atoms with Crippen LogP contribution in [0.4, 0.5) is 5.69 Å². The second kappa shape index (κ2) is 8.68. The average molecular weight is 438 g/mol. The van der Waals surface area contributed by atoms with Crippen LogP contribution in [0, 0.1) is 10.5 Å². The van der Waals surface area contributed by atoms with E-state index < -0.39 is 0 Å². The zero-order valence-electron chi connectivity index (χ0n) is 13.6. The molecule has 0 radical (unpaired) electrons. The number of nitrogens with one attached hydrogen (secondary N) is 2. The molecule has 0 saturated carbocycles. The maximum absolute atomic E-state index is 12.1. The highest BCUT2D eigenvalue weighted by Gasteiger charge is 2.09. The third-order valence-corrected chi connectivity index (χ3v) is 4.45. The Morgan fingerprint density at radius 3 is 2.46 bits per heavy atom. The van der Waals surface area contributed by atoms with Crippen LogP contribution in [0.3, 0.4) is 0 Å². The third kappa shape index (κ3) is 5.23. The van der Waals surface area contributed by atoms with E-state index in [9.17, 15) is 9.59 Å². The highest BCUT2D eigenvalue weighted by molar-refractivity contribution is 14.1. The highest BCUT2D eigenvalue weighted by atomic mass is 127. The summed E-state index contributed by atoms with van der Waals surface area (Å²) in [5.74, 6) is 0.196. The fourth-order valence-electron chi connectivity index (χ4n) is 2.00. The van der Waals surface area contributed by atoms with Gasteiger partial charge in [-0.25, -0.2) is 0 Å². The van der Waals surface area contributed by atoms with E-state index in [-0.39, 0.29) is 18.4 Å². The van der Waals surface area contributed by atoms with Gasteiger partial charge in [0.25, 0.3) is 5.91 Å². The van der Waals surface area contributed by atoms with Crippen molar-refractivity contribution >= 4 is 40.1 Å². The number of halogens is 1. The second-order valence-electron chi connectivity index (χ2n) is 5.15. The molecule has 0 saturated heterocycles. The predicted octanol–water partition coefficient (Wildman–Crippen LogP) is 3.37. The Balaban J connectivity index is 1.86. The van der Waals surface area contributed by atoms with E-state index in [4.69, 9.17) is 4.74 Å². The molecule has 0 fully saturated rings. The molecular weight excluding hydrogens is 419 g/mol. The number of benzene rings is 2. The Morgan fingerprint density at radius 2 is 1.83 bits per heavy atom. The molecule has 0 spiro atoms. The average Bonchev–Trinajstić information content (AvgIpc) is 2.57. The second-order valence-corrected chi connectivity index (χ2v) is 6.31. The number of rotatable bonds is 6. The van der Waals surface area contributed by atoms with Crippen molar-refractivity contribution in [1.82, 2.24) is 5.32 Å². The molecule has 2 rings (SSSR count). The Kier molecular flexibility index (Phi) is 6.60. The summed E-state index contributed by atoms with van der Waals surface area (Å²) in [4.78, 5) is 24.0. The summed E-state index contributed by atoms with van der Waals surface area (Å²) in [5.41, 5.74) is 2.31. The lowest BCUT2D eigenvalue weighted by Gasteiger charge is -2.09. The van der Waals surface area contributed by atoms with E-state index in [1.165, 1.54) is 0 Å². The largest absolute Gasteiger partial charge is 0.494 e. The van der Waals surface area contributed by atoms with Gasteiger partial charge in [-0.2, -0.15) is 0 Å². The number of hydrogen-bond acceptors (Lipinski definition) is 3. The van der Waals surface area contributed by atoms with Crippen LogP contribution < -0.4 is 15.4 Å². The number of carbonyl (C=O) groups excluding carboxylic acids is 2. The highest BCUT2D eigenvalue weighted by Crippen LogP contribution is 2.15. The fraction of sp³-hybridized carbons (Fsp3) is 0.222. The van der Waals surface area contributed by atoms with Gasteiger partial charge in [-0.15, -0.1) is 0 Å². The van der Waals surface area contributed by atoms with Crippen LogP contribution in [0.25, 0.3) is 0 Å². The summed E-state index contributed by atoms with van der Waals surface area (Å²) in [6.45, 7) is 4.40. The van der Waals surface area contributed by atoms with E-state index in [0.29, 0.717) is 17.9 Å². The summed E-state index contributed by atoms with van der Waals surface area (Å²) in [5, 5.41) is 5.35. The number of carbonyl (C=O) groups is 2. The van der Waals surface area contributed by atoms with Gasteiger partial charge in [0.15, 0.2) is 0 Å². The van der Waals surface area contributed by atoms with Crippen LogP contribution in [0.5, 0.6) is 5.75 Å². The summed E-state index contributed by atoms with van der Waals surface area (Å²) < 4.78 is 6.35. The first-order chi connectivity index (χ1) is 11.5. The van der Waals surface area contributed by atoms with Gasteiger partial charge >= 0.3 is 0 Å². The Morgan fingerprint density at radius 1 is 1.12 bits per heavy atom. The molecule has 2 amide bonds. The van der Waals surface area contributed by atoms with Crippen molar-refractivity contribution in [2.45, 2.75) is 13.8 Å². The Hall–Kier alpha value is -2.09. The van der Waals surface area contributed by atoms with Crippen molar-refractivity contribution < 1.29 is 14.3 Å². The monoisotopic (exact) mass is 438 g/mol. The minimum atomic E-state index is -0.283. The van der Waals surface area contributed by atoms with E-state index >= 15 is 0 Å². The molecule has 6 heteroatoms. The molecule has 24 heavy (non-hydrogen) atoms. The van der Waals surface area contributed by atoms with Crippen LogP contribution in [0.1, 0.15) is 22.8 Å². The molecule has 2 aromatic rings. The SMILES string of the molecule is CCOc1ccc(NC(=O)CNC(=O)c2ccc(C)c(I)c2)cc1. The molecule has 2 aromatic carbocycles. The zero-order chi connectivity index (χ0) is 17.5. The van der Waals surface area contributed by atoms with Crippen molar-refractivity contribution in [3.63, 3.8) is 0 Å². The minimum absolute atomic E-state index is 0.0868. The van der Waals surface area contributed by atoms with Gasteiger partial charge in [0, 0.05) is 14.8 Å². The lowest BCUT2D eigenvalue weighted by Crippen LogP contribution is -2.32. The third-order valence-electron chi connectivity index (χ3n) is 3.29. The van der Waals surface area contributed by atoms with Gasteiger partial charge in [0.05, 0.1) is 13.2 Å². The van der Waals surface area contributed by atoms with E-state index in [0.717, 1.165) is 14.9 Å². The first-order valence-corrected chi connectivity index (χ1v) is 8.64. The molecule has 5 nitrogen and oxygen atoms in total. The molecule has 0 aromatic heterocycles. The molecule has 2 N–H and O–H groups in total. The number of aryl methyl sites for hydroxylation is 1. The molecular formula is C18H19IN2O3. The molecule has 0 aliphatic carbocycles. The van der Waals surface area contributed by atoms with Crippen molar-refractivity contribution in [2.24, 2.45) is 0 Å². The summed E-state index contributed by atoms with van der Waals surface area (Å²) in [6.07, 6.45) is 0. The van der Waals surface area contributed by atoms with E-state index in [2.05, 4.69) is 33.2 Å². The molecule has 0 aliphatic rings. The number of anilines is 1. The molecule has 0 unspecified atom stereocenters. The molecule has 126 valence electrons. The van der Waals surface area contributed by atoms with Gasteiger partial charge in [0.2, 0.25) is 5.91 Å². The normalized spacial score (nSPS) is 10.1. The Labute approximate surface area is 154 Å². The molecule has 0 atom stereocenters.